The number of carbonyl (C=O) groups is 1. The lowest BCUT2D eigenvalue weighted by atomic mass is 10.1. The number of anilines is 1. The Morgan fingerprint density at radius 3 is 2.71 bits per heavy atom. The van der Waals surface area contributed by atoms with Gasteiger partial charge in [0.1, 0.15) is 6.61 Å². The second kappa shape index (κ2) is 7.82. The second-order valence-electron chi connectivity index (χ2n) is 5.75. The van der Waals surface area contributed by atoms with Crippen molar-refractivity contribution in [1.29, 1.82) is 0 Å². The molecule has 0 saturated heterocycles. The molecule has 1 aromatic rings. The fourth-order valence-electron chi connectivity index (χ4n) is 1.52. The smallest absolute Gasteiger partial charge is 0.250 e. The predicted octanol–water partition coefficient (Wildman–Crippen LogP) is 2.48. The van der Waals surface area contributed by atoms with Gasteiger partial charge in [0, 0.05) is 17.7 Å². The Bertz CT molecular complexity index is 547. The molecule has 0 aliphatic heterocycles. The van der Waals surface area contributed by atoms with Gasteiger partial charge in [-0.2, -0.15) is 0 Å². The molecule has 0 spiro atoms. The zero-order chi connectivity index (χ0) is 15.9. The predicted molar refractivity (Wildman–Crippen MR) is 84.1 cm³/mol. The highest BCUT2D eigenvalue weighted by Crippen LogP contribution is 2.16. The summed E-state index contributed by atoms with van der Waals surface area (Å²) in [5.41, 5.74) is 2.16. The van der Waals surface area contributed by atoms with E-state index in [9.17, 15) is 4.79 Å². The van der Waals surface area contributed by atoms with Gasteiger partial charge in [-0.1, -0.05) is 17.9 Å². The van der Waals surface area contributed by atoms with Crippen molar-refractivity contribution in [3.8, 4) is 11.8 Å². The van der Waals surface area contributed by atoms with E-state index in [2.05, 4.69) is 17.2 Å². The number of hydrogen-bond donors (Lipinski definition) is 2. The highest BCUT2D eigenvalue weighted by Gasteiger charge is 2.13. The maximum Gasteiger partial charge on any atom is 0.250 e. The van der Waals surface area contributed by atoms with Gasteiger partial charge < -0.3 is 15.2 Å². The summed E-state index contributed by atoms with van der Waals surface area (Å²) >= 11 is 0. The summed E-state index contributed by atoms with van der Waals surface area (Å²) in [4.78, 5) is 11.9. The molecule has 114 valence electrons. The molecule has 0 fully saturated rings. The maximum atomic E-state index is 11.9. The first-order valence-electron chi connectivity index (χ1n) is 6.96. The summed E-state index contributed by atoms with van der Waals surface area (Å²) in [7, 11) is 0. The third-order valence-electron chi connectivity index (χ3n) is 2.62. The molecule has 21 heavy (non-hydrogen) atoms. The Labute approximate surface area is 126 Å². The minimum atomic E-state index is -0.343. The van der Waals surface area contributed by atoms with Crippen molar-refractivity contribution < 1.29 is 14.6 Å². The summed E-state index contributed by atoms with van der Waals surface area (Å²) in [5.74, 6) is 5.62. The lowest BCUT2D eigenvalue weighted by Gasteiger charge is -2.19. The van der Waals surface area contributed by atoms with Crippen LogP contribution < -0.4 is 5.32 Å². The lowest BCUT2D eigenvalue weighted by Crippen LogP contribution is -2.27. The van der Waals surface area contributed by atoms with E-state index in [1.807, 2.05) is 45.9 Å². The van der Waals surface area contributed by atoms with Crippen LogP contribution in [-0.2, 0) is 9.53 Å². The summed E-state index contributed by atoms with van der Waals surface area (Å²) in [6, 6.07) is 5.62. The minimum absolute atomic E-state index is 0.0172. The maximum absolute atomic E-state index is 11.9. The standard InChI is InChI=1S/C17H23NO3/c1-13-8-9-14(7-5-6-10-19)11-15(13)18-16(20)12-21-17(2,3)4/h8-9,11,19H,6,10,12H2,1-4H3,(H,18,20). The molecule has 0 radical (unpaired) electrons. The normalized spacial score (nSPS) is 10.7. The van der Waals surface area contributed by atoms with Crippen LogP contribution in [0.15, 0.2) is 18.2 Å². The van der Waals surface area contributed by atoms with Gasteiger partial charge in [-0.25, -0.2) is 0 Å². The van der Waals surface area contributed by atoms with Gasteiger partial charge in [0.2, 0.25) is 5.91 Å². The first-order chi connectivity index (χ1) is 9.81. The van der Waals surface area contributed by atoms with Crippen molar-refractivity contribution in [1.82, 2.24) is 0 Å². The highest BCUT2D eigenvalue weighted by atomic mass is 16.5. The Hall–Kier alpha value is -1.83. The molecule has 1 aromatic carbocycles. The molecule has 0 atom stereocenters. The summed E-state index contributed by atoms with van der Waals surface area (Å²) in [6.45, 7) is 7.70. The number of benzene rings is 1. The molecular weight excluding hydrogens is 266 g/mol. The van der Waals surface area contributed by atoms with Gasteiger partial charge in [-0.15, -0.1) is 0 Å². The van der Waals surface area contributed by atoms with Crippen LogP contribution in [0.1, 0.15) is 38.3 Å². The van der Waals surface area contributed by atoms with Gasteiger partial charge in [0.05, 0.1) is 12.2 Å². The zero-order valence-electron chi connectivity index (χ0n) is 13.1. The van der Waals surface area contributed by atoms with Crippen LogP contribution in [0.2, 0.25) is 0 Å². The number of aliphatic hydroxyl groups excluding tert-OH is 1. The number of carbonyl (C=O) groups excluding carboxylic acids is 1. The number of aryl methyl sites for hydroxylation is 1. The number of rotatable bonds is 4. The number of hydrogen-bond acceptors (Lipinski definition) is 3. The molecule has 0 saturated carbocycles. The van der Waals surface area contributed by atoms with Crippen LogP contribution in [-0.4, -0.2) is 29.8 Å². The number of amides is 1. The van der Waals surface area contributed by atoms with Gasteiger partial charge in [0.15, 0.2) is 0 Å². The van der Waals surface area contributed by atoms with E-state index in [4.69, 9.17) is 9.84 Å². The van der Waals surface area contributed by atoms with E-state index >= 15 is 0 Å². The SMILES string of the molecule is Cc1ccc(C#CCCO)cc1NC(=O)COC(C)(C)C. The molecule has 0 bridgehead atoms. The first-order valence-corrected chi connectivity index (χ1v) is 6.96. The van der Waals surface area contributed by atoms with Crippen LogP contribution in [0, 0.1) is 18.8 Å². The van der Waals surface area contributed by atoms with Crippen molar-refractivity contribution >= 4 is 11.6 Å². The van der Waals surface area contributed by atoms with Crippen LogP contribution >= 0.6 is 0 Å². The van der Waals surface area contributed by atoms with Crippen LogP contribution in [0.4, 0.5) is 5.69 Å². The molecule has 2 N–H and O–H groups in total. The molecule has 4 nitrogen and oxygen atoms in total. The van der Waals surface area contributed by atoms with Gasteiger partial charge in [-0.3, -0.25) is 4.79 Å². The van der Waals surface area contributed by atoms with Gasteiger partial charge >= 0.3 is 0 Å². The lowest BCUT2D eigenvalue weighted by molar-refractivity contribution is -0.125. The van der Waals surface area contributed by atoms with E-state index < -0.39 is 0 Å². The molecular formula is C17H23NO3. The molecule has 0 aromatic heterocycles. The van der Waals surface area contributed by atoms with Crippen molar-refractivity contribution in [2.75, 3.05) is 18.5 Å². The quantitative estimate of drug-likeness (QED) is 0.837. The fraction of sp³-hybridized carbons (Fsp3) is 0.471. The van der Waals surface area contributed by atoms with Crippen LogP contribution in [0.5, 0.6) is 0 Å². The van der Waals surface area contributed by atoms with E-state index in [1.165, 1.54) is 0 Å². The molecule has 0 unspecified atom stereocenters. The van der Waals surface area contributed by atoms with Gasteiger partial charge in [0.25, 0.3) is 0 Å². The summed E-state index contributed by atoms with van der Waals surface area (Å²) < 4.78 is 5.45. The Morgan fingerprint density at radius 1 is 1.38 bits per heavy atom. The third kappa shape index (κ3) is 6.94. The van der Waals surface area contributed by atoms with Crippen LogP contribution in [0.25, 0.3) is 0 Å². The van der Waals surface area contributed by atoms with E-state index in [0.717, 1.165) is 16.8 Å². The average Bonchev–Trinajstić information content (AvgIpc) is 2.40. The Kier molecular flexibility index (Phi) is 6.41. The second-order valence-corrected chi connectivity index (χ2v) is 5.75. The number of nitrogens with one attached hydrogen (secondary N) is 1. The van der Waals surface area contributed by atoms with Crippen molar-refractivity contribution in [3.05, 3.63) is 29.3 Å². The Morgan fingerprint density at radius 2 is 2.10 bits per heavy atom. The van der Waals surface area contributed by atoms with E-state index in [-0.39, 0.29) is 24.7 Å². The monoisotopic (exact) mass is 289 g/mol. The molecule has 1 amide bonds. The number of aliphatic hydroxyl groups is 1. The topological polar surface area (TPSA) is 58.6 Å². The average molecular weight is 289 g/mol. The Balaban J connectivity index is 2.72. The minimum Gasteiger partial charge on any atom is -0.395 e. The summed E-state index contributed by atoms with van der Waals surface area (Å²) in [5, 5.41) is 11.5. The van der Waals surface area contributed by atoms with E-state index in [0.29, 0.717) is 6.42 Å². The molecule has 1 rings (SSSR count). The van der Waals surface area contributed by atoms with Crippen molar-refractivity contribution in [2.45, 2.75) is 39.7 Å². The van der Waals surface area contributed by atoms with Crippen LogP contribution in [0.3, 0.4) is 0 Å². The zero-order valence-corrected chi connectivity index (χ0v) is 13.1. The first kappa shape index (κ1) is 17.2. The molecule has 0 aliphatic carbocycles. The molecule has 0 aliphatic rings. The van der Waals surface area contributed by atoms with E-state index in [1.54, 1.807) is 0 Å². The van der Waals surface area contributed by atoms with Crippen molar-refractivity contribution in [2.24, 2.45) is 0 Å². The van der Waals surface area contributed by atoms with Gasteiger partial charge in [-0.05, 0) is 45.4 Å². The third-order valence-corrected chi connectivity index (χ3v) is 2.62. The summed E-state index contributed by atoms with van der Waals surface area (Å²) in [6.07, 6.45) is 0.439. The molecule has 4 heteroatoms. The fourth-order valence-corrected chi connectivity index (χ4v) is 1.52. The molecule has 0 heterocycles. The highest BCUT2D eigenvalue weighted by molar-refractivity contribution is 5.92. The largest absolute Gasteiger partial charge is 0.395 e. The van der Waals surface area contributed by atoms with Crippen molar-refractivity contribution in [3.63, 3.8) is 0 Å². The number of ether oxygens (including phenoxy) is 1.